The summed E-state index contributed by atoms with van der Waals surface area (Å²) < 4.78 is 37.9. The maximum absolute atomic E-state index is 12.6. The zero-order valence-corrected chi connectivity index (χ0v) is 8.61. The number of alkyl halides is 3. The van der Waals surface area contributed by atoms with Gasteiger partial charge in [-0.2, -0.15) is 13.2 Å². The molecule has 1 rings (SSSR count). The van der Waals surface area contributed by atoms with E-state index in [0.717, 1.165) is 12.3 Å². The van der Waals surface area contributed by atoms with Crippen molar-refractivity contribution >= 4 is 5.91 Å². The average molecular weight is 249 g/mol. The van der Waals surface area contributed by atoms with Gasteiger partial charge in [-0.1, -0.05) is 0 Å². The fraction of sp³-hybridized carbons (Fsp3) is 0.444. The second kappa shape index (κ2) is 5.09. The molecule has 0 aliphatic rings. The fourth-order valence-electron chi connectivity index (χ4n) is 1.25. The highest BCUT2D eigenvalue weighted by molar-refractivity contribution is 5.90. The van der Waals surface area contributed by atoms with Gasteiger partial charge in [-0.05, 0) is 12.5 Å². The van der Waals surface area contributed by atoms with Crippen LogP contribution in [-0.4, -0.2) is 33.8 Å². The lowest BCUT2D eigenvalue weighted by atomic mass is 10.0. The standard InChI is InChI=1S/C9H10F3N3O2/c10-9(11,12)5(2-4-16)8-14-3-1-6(15-8)7(13)17/h1,3,5,16H,2,4H2,(H2,13,17). The van der Waals surface area contributed by atoms with Crippen LogP contribution >= 0.6 is 0 Å². The largest absolute Gasteiger partial charge is 0.398 e. The third-order valence-corrected chi connectivity index (χ3v) is 2.05. The number of nitrogens with zero attached hydrogens (tertiary/aromatic N) is 2. The molecule has 0 saturated carbocycles. The number of rotatable bonds is 4. The topological polar surface area (TPSA) is 89.1 Å². The number of carbonyl (C=O) groups excluding carboxylic acids is 1. The molecule has 0 aromatic carbocycles. The minimum absolute atomic E-state index is 0.290. The molecule has 3 N–H and O–H groups in total. The smallest absolute Gasteiger partial charge is 0.396 e. The Bertz CT molecular complexity index is 409. The molecule has 0 saturated heterocycles. The molecule has 0 aliphatic heterocycles. The molecular formula is C9H10F3N3O2. The van der Waals surface area contributed by atoms with Crippen molar-refractivity contribution in [2.45, 2.75) is 18.5 Å². The summed E-state index contributed by atoms with van der Waals surface area (Å²) in [6.07, 6.45) is -4.12. The van der Waals surface area contributed by atoms with Crippen molar-refractivity contribution in [3.8, 4) is 0 Å². The van der Waals surface area contributed by atoms with Gasteiger partial charge in [0.05, 0.1) is 0 Å². The Morgan fingerprint density at radius 2 is 2.18 bits per heavy atom. The Balaban J connectivity index is 3.10. The van der Waals surface area contributed by atoms with E-state index in [2.05, 4.69) is 9.97 Å². The zero-order chi connectivity index (χ0) is 13.1. The van der Waals surface area contributed by atoms with Crippen LogP contribution in [0.5, 0.6) is 0 Å². The van der Waals surface area contributed by atoms with E-state index < -0.39 is 36.9 Å². The molecule has 5 nitrogen and oxygen atoms in total. The van der Waals surface area contributed by atoms with Crippen molar-refractivity contribution in [2.75, 3.05) is 6.61 Å². The van der Waals surface area contributed by atoms with Crippen LogP contribution in [0.1, 0.15) is 28.7 Å². The third-order valence-electron chi connectivity index (χ3n) is 2.05. The van der Waals surface area contributed by atoms with Crippen LogP contribution in [0, 0.1) is 0 Å². The number of aromatic nitrogens is 2. The molecule has 8 heteroatoms. The number of halogens is 3. The van der Waals surface area contributed by atoms with Crippen LogP contribution < -0.4 is 5.73 Å². The van der Waals surface area contributed by atoms with Crippen molar-refractivity contribution in [1.82, 2.24) is 9.97 Å². The fourth-order valence-corrected chi connectivity index (χ4v) is 1.25. The maximum atomic E-state index is 12.6. The summed E-state index contributed by atoms with van der Waals surface area (Å²) in [7, 11) is 0. The summed E-state index contributed by atoms with van der Waals surface area (Å²) in [5, 5.41) is 8.59. The van der Waals surface area contributed by atoms with Crippen molar-refractivity contribution in [1.29, 1.82) is 0 Å². The normalized spacial score (nSPS) is 13.4. The van der Waals surface area contributed by atoms with Crippen LogP contribution in [0.15, 0.2) is 12.3 Å². The second-order valence-corrected chi connectivity index (χ2v) is 3.27. The van der Waals surface area contributed by atoms with Gasteiger partial charge in [-0.15, -0.1) is 0 Å². The summed E-state index contributed by atoms with van der Waals surface area (Å²) >= 11 is 0. The highest BCUT2D eigenvalue weighted by atomic mass is 19.4. The molecule has 1 aromatic heterocycles. The lowest BCUT2D eigenvalue weighted by Crippen LogP contribution is -2.25. The number of aliphatic hydroxyl groups excluding tert-OH is 1. The molecule has 1 amide bonds. The third kappa shape index (κ3) is 3.38. The number of aliphatic hydroxyl groups is 1. The number of hydrogen-bond donors (Lipinski definition) is 2. The Morgan fingerprint density at radius 3 is 2.65 bits per heavy atom. The molecule has 0 aliphatic carbocycles. The van der Waals surface area contributed by atoms with Gasteiger partial charge >= 0.3 is 6.18 Å². The van der Waals surface area contributed by atoms with Gasteiger partial charge < -0.3 is 10.8 Å². The summed E-state index contributed by atoms with van der Waals surface area (Å²) in [6, 6.07) is 1.12. The van der Waals surface area contributed by atoms with E-state index in [1.165, 1.54) is 0 Å². The van der Waals surface area contributed by atoms with E-state index in [-0.39, 0.29) is 5.69 Å². The zero-order valence-electron chi connectivity index (χ0n) is 8.61. The SMILES string of the molecule is NC(=O)c1ccnc(C(CCO)C(F)(F)F)n1. The molecule has 17 heavy (non-hydrogen) atoms. The predicted molar refractivity (Wildman–Crippen MR) is 51.0 cm³/mol. The van der Waals surface area contributed by atoms with Gasteiger partial charge in [0.15, 0.2) is 0 Å². The number of primary amides is 1. The molecule has 1 aromatic rings. The van der Waals surface area contributed by atoms with Gasteiger partial charge in [0.25, 0.3) is 5.91 Å². The van der Waals surface area contributed by atoms with E-state index >= 15 is 0 Å². The first-order valence-corrected chi connectivity index (χ1v) is 4.66. The molecule has 1 atom stereocenters. The monoisotopic (exact) mass is 249 g/mol. The number of carbonyl (C=O) groups is 1. The Hall–Kier alpha value is -1.70. The Morgan fingerprint density at radius 1 is 1.53 bits per heavy atom. The van der Waals surface area contributed by atoms with Crippen LogP contribution in [0.2, 0.25) is 0 Å². The highest BCUT2D eigenvalue weighted by Gasteiger charge is 2.42. The van der Waals surface area contributed by atoms with E-state index in [1.54, 1.807) is 0 Å². The minimum Gasteiger partial charge on any atom is -0.396 e. The summed E-state index contributed by atoms with van der Waals surface area (Å²) in [6.45, 7) is -0.658. The summed E-state index contributed by atoms with van der Waals surface area (Å²) in [4.78, 5) is 17.7. The van der Waals surface area contributed by atoms with Gasteiger partial charge in [-0.25, -0.2) is 9.97 Å². The quantitative estimate of drug-likeness (QED) is 0.817. The van der Waals surface area contributed by atoms with Crippen LogP contribution in [0.3, 0.4) is 0 Å². The summed E-state index contributed by atoms with van der Waals surface area (Å²) in [5.41, 5.74) is 4.62. The molecule has 0 radical (unpaired) electrons. The van der Waals surface area contributed by atoms with Gasteiger partial charge in [-0.3, -0.25) is 4.79 Å². The first-order chi connectivity index (χ1) is 7.86. The molecule has 94 valence electrons. The predicted octanol–water partition coefficient (Wildman–Crippen LogP) is 0.604. The van der Waals surface area contributed by atoms with Crippen molar-refractivity contribution < 1.29 is 23.1 Å². The Kier molecular flexibility index (Phi) is 4.00. The van der Waals surface area contributed by atoms with Crippen molar-refractivity contribution in [3.63, 3.8) is 0 Å². The van der Waals surface area contributed by atoms with Crippen LogP contribution in [0.25, 0.3) is 0 Å². The van der Waals surface area contributed by atoms with Crippen LogP contribution in [0.4, 0.5) is 13.2 Å². The van der Waals surface area contributed by atoms with E-state index in [0.29, 0.717) is 0 Å². The van der Waals surface area contributed by atoms with Gasteiger partial charge in [0, 0.05) is 12.8 Å². The number of amides is 1. The lowest BCUT2D eigenvalue weighted by Gasteiger charge is -2.17. The second-order valence-electron chi connectivity index (χ2n) is 3.27. The molecule has 0 fully saturated rings. The van der Waals surface area contributed by atoms with Crippen molar-refractivity contribution in [3.05, 3.63) is 23.8 Å². The molecule has 0 bridgehead atoms. The first-order valence-electron chi connectivity index (χ1n) is 4.66. The molecular weight excluding hydrogens is 239 g/mol. The molecule has 1 unspecified atom stereocenters. The van der Waals surface area contributed by atoms with Crippen LogP contribution in [-0.2, 0) is 0 Å². The maximum Gasteiger partial charge on any atom is 0.398 e. The van der Waals surface area contributed by atoms with E-state index in [1.807, 2.05) is 0 Å². The van der Waals surface area contributed by atoms with Gasteiger partial charge in [0.2, 0.25) is 0 Å². The summed E-state index contributed by atoms with van der Waals surface area (Å²) in [5.74, 6) is -3.51. The lowest BCUT2D eigenvalue weighted by molar-refractivity contribution is -0.155. The van der Waals surface area contributed by atoms with Gasteiger partial charge in [0.1, 0.15) is 17.4 Å². The first kappa shape index (κ1) is 13.4. The molecule has 1 heterocycles. The molecule has 0 spiro atoms. The number of hydrogen-bond acceptors (Lipinski definition) is 4. The average Bonchev–Trinajstić information content (AvgIpc) is 2.24. The van der Waals surface area contributed by atoms with E-state index in [9.17, 15) is 18.0 Å². The highest BCUT2D eigenvalue weighted by Crippen LogP contribution is 2.35. The number of nitrogens with two attached hydrogens (primary N) is 1. The van der Waals surface area contributed by atoms with E-state index in [4.69, 9.17) is 10.8 Å². The Labute approximate surface area is 94.5 Å². The van der Waals surface area contributed by atoms with Crippen molar-refractivity contribution in [2.24, 2.45) is 5.73 Å². The minimum atomic E-state index is -4.58.